The van der Waals surface area contributed by atoms with E-state index in [2.05, 4.69) is 4.98 Å². The maximum atomic E-state index is 13.9. The summed E-state index contributed by atoms with van der Waals surface area (Å²) in [6.45, 7) is -0.178. The highest BCUT2D eigenvalue weighted by atomic mass is 35.5. The van der Waals surface area contributed by atoms with E-state index in [0.717, 1.165) is 34.5 Å². The van der Waals surface area contributed by atoms with Crippen LogP contribution in [0.25, 0.3) is 16.0 Å². The first-order valence-corrected chi connectivity index (χ1v) is 9.57. The lowest BCUT2D eigenvalue weighted by molar-refractivity contribution is 0.0601. The Hall–Kier alpha value is -2.97. The minimum absolute atomic E-state index is 0.162. The summed E-state index contributed by atoms with van der Waals surface area (Å²) in [5, 5.41) is 1.19. The topological polar surface area (TPSA) is 53.4 Å². The van der Waals surface area contributed by atoms with Gasteiger partial charge in [-0.3, -0.25) is 4.57 Å². The fourth-order valence-corrected chi connectivity index (χ4v) is 3.94. The van der Waals surface area contributed by atoms with Gasteiger partial charge in [-0.25, -0.2) is 18.6 Å². The molecule has 0 atom stereocenters. The number of nitrogens with zero attached hydrogens (tertiary/aromatic N) is 2. The van der Waals surface area contributed by atoms with Gasteiger partial charge in [0.2, 0.25) is 0 Å². The molecule has 4 rings (SSSR count). The first-order chi connectivity index (χ1) is 14.0. The van der Waals surface area contributed by atoms with Gasteiger partial charge < -0.3 is 9.47 Å². The first-order valence-electron chi connectivity index (χ1n) is 8.38. The normalized spacial score (nSPS) is 11.0. The van der Waals surface area contributed by atoms with Gasteiger partial charge in [-0.2, -0.15) is 0 Å². The van der Waals surface area contributed by atoms with Crippen molar-refractivity contribution in [3.05, 3.63) is 75.9 Å². The summed E-state index contributed by atoms with van der Waals surface area (Å²) in [6.07, 6.45) is 1.61. The molecule has 0 aliphatic carbocycles. The number of carbonyl (C=O) groups excluding carboxylic acids is 1. The van der Waals surface area contributed by atoms with Crippen molar-refractivity contribution in [2.24, 2.45) is 0 Å². The average Bonchev–Trinajstić information content (AvgIpc) is 3.30. The molecule has 5 nitrogen and oxygen atoms in total. The van der Waals surface area contributed by atoms with Crippen LogP contribution < -0.4 is 4.74 Å². The Morgan fingerprint density at radius 3 is 2.79 bits per heavy atom. The largest absolute Gasteiger partial charge is 0.487 e. The van der Waals surface area contributed by atoms with Gasteiger partial charge in [-0.15, -0.1) is 11.3 Å². The van der Waals surface area contributed by atoms with Crippen molar-refractivity contribution in [2.45, 2.75) is 6.61 Å². The molecule has 0 fully saturated rings. The van der Waals surface area contributed by atoms with Crippen LogP contribution in [0.5, 0.6) is 5.75 Å². The zero-order chi connectivity index (χ0) is 20.5. The van der Waals surface area contributed by atoms with E-state index in [1.165, 1.54) is 13.2 Å². The number of aromatic nitrogens is 2. The van der Waals surface area contributed by atoms with Crippen LogP contribution in [-0.4, -0.2) is 22.6 Å². The summed E-state index contributed by atoms with van der Waals surface area (Å²) in [5.74, 6) is -1.76. The van der Waals surface area contributed by atoms with Crippen LogP contribution in [0.1, 0.15) is 15.2 Å². The molecule has 4 aromatic rings. The number of ether oxygens (including phenoxy) is 2. The van der Waals surface area contributed by atoms with Gasteiger partial charge in [0.1, 0.15) is 35.3 Å². The summed E-state index contributed by atoms with van der Waals surface area (Å²) in [4.78, 5) is 16.7. The van der Waals surface area contributed by atoms with Crippen LogP contribution in [0.2, 0.25) is 5.02 Å². The molecule has 0 bridgehead atoms. The Labute approximate surface area is 173 Å². The number of imidazole rings is 1. The number of benzene rings is 2. The predicted octanol–water partition coefficient (Wildman–Crippen LogP) is 5.38. The summed E-state index contributed by atoms with van der Waals surface area (Å²) in [5.41, 5.74) is 1.65. The molecular formula is C20H13ClF2N2O3S. The molecule has 2 aromatic carbocycles. The minimum Gasteiger partial charge on any atom is -0.487 e. The fraction of sp³-hybridized carbons (Fsp3) is 0.100. The van der Waals surface area contributed by atoms with Crippen LogP contribution >= 0.6 is 22.9 Å². The van der Waals surface area contributed by atoms with Gasteiger partial charge >= 0.3 is 5.97 Å². The lowest BCUT2D eigenvalue weighted by atomic mass is 10.2. The number of rotatable bonds is 5. The van der Waals surface area contributed by atoms with Crippen LogP contribution in [-0.2, 0) is 11.3 Å². The Kier molecular flexibility index (Phi) is 5.21. The number of fused-ring (bicyclic) bond motifs is 1. The number of methoxy groups -OCH3 is 1. The zero-order valence-corrected chi connectivity index (χ0v) is 16.6. The van der Waals surface area contributed by atoms with E-state index in [4.69, 9.17) is 21.1 Å². The Bertz CT molecular complexity index is 1220. The smallest absolute Gasteiger partial charge is 0.351 e. The summed E-state index contributed by atoms with van der Waals surface area (Å²) < 4.78 is 39.2. The molecule has 0 spiro atoms. The third-order valence-electron chi connectivity index (χ3n) is 4.20. The molecule has 0 amide bonds. The number of hydrogen-bond acceptors (Lipinski definition) is 5. The van der Waals surface area contributed by atoms with Gasteiger partial charge in [-0.05, 0) is 30.3 Å². The van der Waals surface area contributed by atoms with E-state index >= 15 is 0 Å². The van der Waals surface area contributed by atoms with E-state index in [9.17, 15) is 13.6 Å². The van der Waals surface area contributed by atoms with E-state index in [0.29, 0.717) is 10.0 Å². The SMILES string of the molecule is COC(=O)c1sc(-n2cnc3ccc(Cl)cc32)cc1OCc1ccc(F)cc1F. The lowest BCUT2D eigenvalue weighted by Gasteiger charge is -2.07. The highest BCUT2D eigenvalue weighted by Crippen LogP contribution is 2.35. The van der Waals surface area contributed by atoms with Crippen LogP contribution in [0.4, 0.5) is 8.78 Å². The molecule has 0 saturated carbocycles. The van der Waals surface area contributed by atoms with Crippen molar-refractivity contribution in [1.29, 1.82) is 0 Å². The maximum absolute atomic E-state index is 13.9. The monoisotopic (exact) mass is 434 g/mol. The van der Waals surface area contributed by atoms with Crippen LogP contribution in [0.3, 0.4) is 0 Å². The summed E-state index contributed by atoms with van der Waals surface area (Å²) in [6, 6.07) is 10.1. The van der Waals surface area contributed by atoms with Gasteiger partial charge in [0.25, 0.3) is 0 Å². The molecule has 148 valence electrons. The second-order valence-electron chi connectivity index (χ2n) is 6.04. The number of carbonyl (C=O) groups is 1. The molecule has 2 heterocycles. The Balaban J connectivity index is 1.71. The number of esters is 1. The molecular weight excluding hydrogens is 422 g/mol. The quantitative estimate of drug-likeness (QED) is 0.395. The molecule has 2 aromatic heterocycles. The zero-order valence-electron chi connectivity index (χ0n) is 15.0. The van der Waals surface area contributed by atoms with Gasteiger partial charge in [-0.1, -0.05) is 11.6 Å². The van der Waals surface area contributed by atoms with Crippen LogP contribution in [0, 0.1) is 11.6 Å². The lowest BCUT2D eigenvalue weighted by Crippen LogP contribution is -2.04. The van der Waals surface area contributed by atoms with Crippen LogP contribution in [0.15, 0.2) is 48.8 Å². The van der Waals surface area contributed by atoms with Crippen molar-refractivity contribution < 1.29 is 23.0 Å². The van der Waals surface area contributed by atoms with E-state index in [1.54, 1.807) is 35.2 Å². The van der Waals surface area contributed by atoms with E-state index < -0.39 is 17.6 Å². The first kappa shape index (κ1) is 19.4. The van der Waals surface area contributed by atoms with Crippen molar-refractivity contribution in [3.8, 4) is 10.8 Å². The van der Waals surface area contributed by atoms with Gasteiger partial charge in [0.15, 0.2) is 4.88 Å². The highest BCUT2D eigenvalue weighted by Gasteiger charge is 2.21. The molecule has 29 heavy (non-hydrogen) atoms. The van der Waals surface area contributed by atoms with Crippen molar-refractivity contribution >= 4 is 39.9 Å². The molecule has 0 aliphatic rings. The van der Waals surface area contributed by atoms with Crippen molar-refractivity contribution in [2.75, 3.05) is 7.11 Å². The Morgan fingerprint density at radius 1 is 1.21 bits per heavy atom. The second kappa shape index (κ2) is 7.81. The second-order valence-corrected chi connectivity index (χ2v) is 7.51. The molecule has 0 aliphatic heterocycles. The van der Waals surface area contributed by atoms with Crippen molar-refractivity contribution in [1.82, 2.24) is 9.55 Å². The summed E-state index contributed by atoms with van der Waals surface area (Å²) >= 11 is 7.23. The Morgan fingerprint density at radius 2 is 2.03 bits per heavy atom. The highest BCUT2D eigenvalue weighted by molar-refractivity contribution is 7.16. The predicted molar refractivity (Wildman–Crippen MR) is 106 cm³/mol. The number of halogens is 3. The third kappa shape index (κ3) is 3.81. The summed E-state index contributed by atoms with van der Waals surface area (Å²) in [7, 11) is 1.26. The third-order valence-corrected chi connectivity index (χ3v) is 5.53. The maximum Gasteiger partial charge on any atom is 0.351 e. The van der Waals surface area contributed by atoms with E-state index in [1.807, 2.05) is 0 Å². The molecule has 0 radical (unpaired) electrons. The minimum atomic E-state index is -0.727. The average molecular weight is 435 g/mol. The number of thiophene rings is 1. The fourth-order valence-electron chi connectivity index (χ4n) is 2.77. The standard InChI is InChI=1S/C20H13ClF2N2O3S/c1-27-20(26)19-17(28-9-11-2-4-13(22)7-14(11)23)8-18(29-19)25-10-24-15-5-3-12(21)6-16(15)25/h2-8,10H,9H2,1H3. The molecule has 9 heteroatoms. The molecule has 0 N–H and O–H groups in total. The van der Waals surface area contributed by atoms with Crippen molar-refractivity contribution in [3.63, 3.8) is 0 Å². The van der Waals surface area contributed by atoms with E-state index in [-0.39, 0.29) is 22.8 Å². The van der Waals surface area contributed by atoms with Gasteiger partial charge in [0, 0.05) is 22.7 Å². The number of hydrogen-bond donors (Lipinski definition) is 0. The molecule has 0 saturated heterocycles. The van der Waals surface area contributed by atoms with Gasteiger partial charge in [0.05, 0.1) is 18.1 Å². The molecule has 0 unspecified atom stereocenters.